The minimum Gasteiger partial charge on any atom is -0.329 e. The maximum Gasteiger partial charge on any atom is 0.132 e. The number of benzene rings is 1. The monoisotopic (exact) mass is 329 g/mol. The van der Waals surface area contributed by atoms with Gasteiger partial charge >= 0.3 is 0 Å². The molecule has 0 saturated heterocycles. The van der Waals surface area contributed by atoms with E-state index in [1.54, 1.807) is 0 Å². The van der Waals surface area contributed by atoms with E-state index in [0.717, 1.165) is 18.3 Å². The summed E-state index contributed by atoms with van der Waals surface area (Å²) in [4.78, 5) is 9.24. The van der Waals surface area contributed by atoms with Gasteiger partial charge in [0.15, 0.2) is 0 Å². The molecule has 0 radical (unpaired) electrons. The summed E-state index contributed by atoms with van der Waals surface area (Å²) in [5.74, 6) is 1.97. The molecule has 4 rings (SSSR count). The van der Waals surface area contributed by atoms with Crippen molar-refractivity contribution < 1.29 is 0 Å². The van der Waals surface area contributed by atoms with Crippen LogP contribution >= 0.6 is 12.4 Å². The number of rotatable bonds is 4. The van der Waals surface area contributed by atoms with Gasteiger partial charge in [0.25, 0.3) is 0 Å². The standard InChI is InChI=1S/C19H23N3.ClH/c1-21(19-4-2-3-10-20-19)18-8-7-16-9-11-22(13-15-5-6-15)14-17(16)12-18;/h2-4,7-8,10,12,15H,5-6,9,11,13-14H2,1H3;1H. The Morgan fingerprint density at radius 2 is 2.04 bits per heavy atom. The fourth-order valence-corrected chi connectivity index (χ4v) is 3.32. The number of fused-ring (bicyclic) bond motifs is 1. The molecule has 0 unspecified atom stereocenters. The van der Waals surface area contributed by atoms with Gasteiger partial charge in [-0.1, -0.05) is 12.1 Å². The van der Waals surface area contributed by atoms with E-state index < -0.39 is 0 Å². The normalized spacial score (nSPS) is 17.3. The second-order valence-electron chi connectivity index (χ2n) is 6.63. The highest BCUT2D eigenvalue weighted by molar-refractivity contribution is 5.85. The van der Waals surface area contributed by atoms with Gasteiger partial charge in [0.2, 0.25) is 0 Å². The molecule has 0 amide bonds. The van der Waals surface area contributed by atoms with Crippen molar-refractivity contribution in [3.63, 3.8) is 0 Å². The summed E-state index contributed by atoms with van der Waals surface area (Å²) in [6.45, 7) is 3.62. The fourth-order valence-electron chi connectivity index (χ4n) is 3.32. The summed E-state index contributed by atoms with van der Waals surface area (Å²) in [5, 5.41) is 0. The number of hydrogen-bond acceptors (Lipinski definition) is 3. The number of hydrogen-bond donors (Lipinski definition) is 0. The lowest BCUT2D eigenvalue weighted by Gasteiger charge is -2.30. The van der Waals surface area contributed by atoms with E-state index in [2.05, 4.69) is 46.1 Å². The van der Waals surface area contributed by atoms with Gasteiger partial charge in [-0.25, -0.2) is 4.98 Å². The molecule has 1 fully saturated rings. The topological polar surface area (TPSA) is 19.4 Å². The molecule has 0 bridgehead atoms. The summed E-state index contributed by atoms with van der Waals surface area (Å²) < 4.78 is 0. The molecular weight excluding hydrogens is 306 g/mol. The predicted octanol–water partition coefficient (Wildman–Crippen LogP) is 4.04. The Bertz CT molecular complexity index is 655. The first-order valence-electron chi connectivity index (χ1n) is 8.28. The Labute approximate surface area is 144 Å². The zero-order chi connectivity index (χ0) is 14.9. The maximum absolute atomic E-state index is 4.45. The molecule has 1 aliphatic heterocycles. The van der Waals surface area contributed by atoms with Gasteiger partial charge in [-0.05, 0) is 60.6 Å². The molecule has 0 atom stereocenters. The van der Waals surface area contributed by atoms with Crippen molar-refractivity contribution in [2.75, 3.05) is 25.0 Å². The zero-order valence-electron chi connectivity index (χ0n) is 13.6. The fraction of sp³-hybridized carbons (Fsp3) is 0.421. The number of aromatic nitrogens is 1. The zero-order valence-corrected chi connectivity index (χ0v) is 14.4. The van der Waals surface area contributed by atoms with E-state index in [4.69, 9.17) is 0 Å². The largest absolute Gasteiger partial charge is 0.329 e. The van der Waals surface area contributed by atoms with E-state index in [1.807, 2.05) is 18.3 Å². The van der Waals surface area contributed by atoms with Crippen LogP contribution in [0.1, 0.15) is 24.0 Å². The maximum atomic E-state index is 4.45. The number of halogens is 1. The van der Waals surface area contributed by atoms with Gasteiger partial charge in [0.1, 0.15) is 5.82 Å². The molecule has 4 heteroatoms. The lowest BCUT2D eigenvalue weighted by atomic mass is 9.98. The van der Waals surface area contributed by atoms with E-state index >= 15 is 0 Å². The van der Waals surface area contributed by atoms with Crippen LogP contribution in [-0.4, -0.2) is 30.0 Å². The summed E-state index contributed by atoms with van der Waals surface area (Å²) in [7, 11) is 2.09. The first-order valence-corrected chi connectivity index (χ1v) is 8.28. The van der Waals surface area contributed by atoms with Crippen LogP contribution in [0.4, 0.5) is 11.5 Å². The molecule has 3 nitrogen and oxygen atoms in total. The molecule has 0 spiro atoms. The summed E-state index contributed by atoms with van der Waals surface area (Å²) in [6.07, 6.45) is 5.91. The van der Waals surface area contributed by atoms with Crippen molar-refractivity contribution in [3.8, 4) is 0 Å². The molecule has 1 aliphatic carbocycles. The van der Waals surface area contributed by atoms with Crippen LogP contribution in [0.2, 0.25) is 0 Å². The third-order valence-electron chi connectivity index (χ3n) is 4.87. The minimum atomic E-state index is 0. The van der Waals surface area contributed by atoms with Crippen LogP contribution in [0.25, 0.3) is 0 Å². The van der Waals surface area contributed by atoms with E-state index in [0.29, 0.717) is 0 Å². The first kappa shape index (κ1) is 16.3. The number of pyridine rings is 1. The Kier molecular flexibility index (Phi) is 4.88. The third-order valence-corrected chi connectivity index (χ3v) is 4.87. The molecule has 0 N–H and O–H groups in total. The first-order chi connectivity index (χ1) is 10.8. The van der Waals surface area contributed by atoms with Crippen LogP contribution in [0.3, 0.4) is 0 Å². The van der Waals surface area contributed by atoms with Gasteiger partial charge in [-0.15, -0.1) is 12.4 Å². The van der Waals surface area contributed by atoms with E-state index in [-0.39, 0.29) is 12.4 Å². The Hall–Kier alpha value is -1.58. The Balaban J connectivity index is 0.00000156. The van der Waals surface area contributed by atoms with Gasteiger partial charge < -0.3 is 4.90 Å². The van der Waals surface area contributed by atoms with Crippen LogP contribution < -0.4 is 4.90 Å². The van der Waals surface area contributed by atoms with Gasteiger partial charge in [-0.3, -0.25) is 4.90 Å². The Morgan fingerprint density at radius 3 is 2.78 bits per heavy atom. The van der Waals surface area contributed by atoms with Crippen molar-refractivity contribution in [2.45, 2.75) is 25.8 Å². The van der Waals surface area contributed by atoms with Crippen molar-refractivity contribution in [1.82, 2.24) is 9.88 Å². The van der Waals surface area contributed by atoms with Gasteiger partial charge in [0, 0.05) is 38.6 Å². The predicted molar refractivity (Wildman–Crippen MR) is 97.7 cm³/mol. The molecule has 122 valence electrons. The van der Waals surface area contributed by atoms with Crippen molar-refractivity contribution >= 4 is 23.9 Å². The van der Waals surface area contributed by atoms with Crippen molar-refractivity contribution in [1.29, 1.82) is 0 Å². The van der Waals surface area contributed by atoms with Gasteiger partial charge in [0.05, 0.1) is 0 Å². The molecule has 1 aromatic heterocycles. The van der Waals surface area contributed by atoms with E-state index in [1.165, 1.54) is 49.2 Å². The summed E-state index contributed by atoms with van der Waals surface area (Å²) >= 11 is 0. The minimum absolute atomic E-state index is 0. The highest BCUT2D eigenvalue weighted by atomic mass is 35.5. The van der Waals surface area contributed by atoms with Gasteiger partial charge in [-0.2, -0.15) is 0 Å². The molecule has 2 heterocycles. The lowest BCUT2D eigenvalue weighted by molar-refractivity contribution is 0.244. The quantitative estimate of drug-likeness (QED) is 0.844. The summed E-state index contributed by atoms with van der Waals surface area (Å²) in [6, 6.07) is 12.9. The van der Waals surface area contributed by atoms with Crippen LogP contribution in [-0.2, 0) is 13.0 Å². The number of anilines is 2. The van der Waals surface area contributed by atoms with Crippen molar-refractivity contribution in [2.24, 2.45) is 5.92 Å². The second kappa shape index (κ2) is 6.90. The highest BCUT2D eigenvalue weighted by Gasteiger charge is 2.26. The highest BCUT2D eigenvalue weighted by Crippen LogP contribution is 2.32. The van der Waals surface area contributed by atoms with Crippen LogP contribution in [0.5, 0.6) is 0 Å². The second-order valence-corrected chi connectivity index (χ2v) is 6.63. The molecule has 1 aromatic carbocycles. The summed E-state index contributed by atoms with van der Waals surface area (Å²) in [5.41, 5.74) is 4.24. The smallest absolute Gasteiger partial charge is 0.132 e. The van der Waals surface area contributed by atoms with E-state index in [9.17, 15) is 0 Å². The molecule has 2 aromatic rings. The molecule has 23 heavy (non-hydrogen) atoms. The molecule has 1 saturated carbocycles. The Morgan fingerprint density at radius 1 is 1.17 bits per heavy atom. The molecular formula is C19H24ClN3. The van der Waals surface area contributed by atoms with Crippen LogP contribution in [0.15, 0.2) is 42.6 Å². The third kappa shape index (κ3) is 3.67. The average Bonchev–Trinajstić information content (AvgIpc) is 3.38. The number of nitrogens with zero attached hydrogens (tertiary/aromatic N) is 3. The molecule has 2 aliphatic rings. The SMILES string of the molecule is CN(c1ccc2c(c1)CN(CC1CC1)CC2)c1ccccn1.Cl. The van der Waals surface area contributed by atoms with Crippen LogP contribution in [0, 0.1) is 5.92 Å². The lowest BCUT2D eigenvalue weighted by Crippen LogP contribution is -2.32. The van der Waals surface area contributed by atoms with Crippen molar-refractivity contribution in [3.05, 3.63) is 53.7 Å². The average molecular weight is 330 g/mol.